The van der Waals surface area contributed by atoms with Crippen molar-refractivity contribution in [2.24, 2.45) is 0 Å². The number of sulfonamides is 1. The molecule has 2 heterocycles. The molecule has 1 aliphatic heterocycles. The van der Waals surface area contributed by atoms with E-state index in [9.17, 15) is 21.6 Å². The zero-order valence-electron chi connectivity index (χ0n) is 17.7. The van der Waals surface area contributed by atoms with Crippen LogP contribution in [0.5, 0.6) is 0 Å². The molecule has 0 bridgehead atoms. The Labute approximate surface area is 204 Å². The summed E-state index contributed by atoms with van der Waals surface area (Å²) in [5, 5.41) is 0.440. The van der Waals surface area contributed by atoms with Gasteiger partial charge in [0.2, 0.25) is 0 Å². The Bertz CT molecular complexity index is 1240. The van der Waals surface area contributed by atoms with E-state index in [1.165, 1.54) is 36.4 Å². The monoisotopic (exact) mass is 528 g/mol. The molecule has 4 rings (SSSR count). The lowest BCUT2D eigenvalue weighted by atomic mass is 10.2. The first kappa shape index (κ1) is 24.6. The van der Waals surface area contributed by atoms with Gasteiger partial charge in [-0.15, -0.1) is 0 Å². The summed E-state index contributed by atoms with van der Waals surface area (Å²) in [5.74, 6) is 0.209. The quantitative estimate of drug-likeness (QED) is 0.413. The average molecular weight is 529 g/mol. The van der Waals surface area contributed by atoms with Gasteiger partial charge in [0, 0.05) is 41.4 Å². The smallest absolute Gasteiger partial charge is 0.357 e. The Hall–Kier alpha value is -2.47. The lowest BCUT2D eigenvalue weighted by molar-refractivity contribution is -0.0328. The van der Waals surface area contributed by atoms with Crippen LogP contribution in [0.25, 0.3) is 0 Å². The molecule has 6 nitrogen and oxygen atoms in total. The number of halogens is 4. The molecule has 1 aromatic heterocycles. The highest BCUT2D eigenvalue weighted by Crippen LogP contribution is 2.37. The third-order valence-electron chi connectivity index (χ3n) is 5.09. The minimum Gasteiger partial charge on any atom is -0.357 e. The number of rotatable bonds is 7. The maximum Gasteiger partial charge on any atom is 0.446 e. The molecule has 0 aliphatic carbocycles. The molecule has 3 aromatic rings. The van der Waals surface area contributed by atoms with Crippen LogP contribution in [0.3, 0.4) is 0 Å². The van der Waals surface area contributed by atoms with Gasteiger partial charge in [-0.1, -0.05) is 11.6 Å². The molecule has 34 heavy (non-hydrogen) atoms. The minimum absolute atomic E-state index is 0.0824. The van der Waals surface area contributed by atoms with E-state index in [-0.39, 0.29) is 27.4 Å². The van der Waals surface area contributed by atoms with E-state index in [1.54, 1.807) is 24.4 Å². The van der Waals surface area contributed by atoms with E-state index < -0.39 is 15.5 Å². The van der Waals surface area contributed by atoms with Crippen LogP contribution in [0.15, 0.2) is 76.7 Å². The van der Waals surface area contributed by atoms with Gasteiger partial charge in [0.1, 0.15) is 5.82 Å². The van der Waals surface area contributed by atoms with E-state index in [4.69, 9.17) is 11.6 Å². The molecule has 1 aliphatic rings. The predicted molar refractivity (Wildman–Crippen MR) is 127 cm³/mol. The summed E-state index contributed by atoms with van der Waals surface area (Å²) in [6, 6.07) is 15.6. The highest BCUT2D eigenvalue weighted by molar-refractivity contribution is 8.00. The third kappa shape index (κ3) is 6.56. The highest BCUT2D eigenvalue weighted by Gasteiger charge is 2.29. The van der Waals surface area contributed by atoms with Crippen LogP contribution in [0.2, 0.25) is 5.02 Å². The number of hydrogen-bond donors (Lipinski definition) is 1. The van der Waals surface area contributed by atoms with Crippen molar-refractivity contribution in [3.63, 3.8) is 0 Å². The number of anilines is 2. The number of hydrogen-bond acceptors (Lipinski definition) is 6. The Balaban J connectivity index is 1.37. The van der Waals surface area contributed by atoms with Gasteiger partial charge in [0.25, 0.3) is 10.0 Å². The molecule has 180 valence electrons. The second-order valence-corrected chi connectivity index (χ2v) is 10.9. The van der Waals surface area contributed by atoms with Gasteiger partial charge < -0.3 is 4.90 Å². The fourth-order valence-electron chi connectivity index (χ4n) is 3.54. The molecule has 0 saturated carbocycles. The zero-order chi connectivity index (χ0) is 24.3. The molecule has 1 fully saturated rings. The normalized spacial score (nSPS) is 15.0. The van der Waals surface area contributed by atoms with Crippen molar-refractivity contribution in [3.05, 3.63) is 77.4 Å². The fourth-order valence-corrected chi connectivity index (χ4v) is 5.21. The van der Waals surface area contributed by atoms with Crippen molar-refractivity contribution in [2.45, 2.75) is 21.8 Å². The lowest BCUT2D eigenvalue weighted by Crippen LogP contribution is -2.25. The first-order valence-corrected chi connectivity index (χ1v) is 12.8. The second kappa shape index (κ2) is 10.0. The van der Waals surface area contributed by atoms with Crippen molar-refractivity contribution in [3.8, 4) is 0 Å². The standard InChI is InChI=1S/C22H20ClF3N4O2S2/c23-17-1-7-20(8-2-17)34(31,32)28-21-13-16(9-10-27-21)14-29-11-12-30(15-29)18-3-5-19(6-4-18)33-22(24,25)26/h1-10,13H,11-12,14-15H2,(H,27,28). The van der Waals surface area contributed by atoms with Crippen LogP contribution in [0.4, 0.5) is 24.7 Å². The molecule has 0 unspecified atom stereocenters. The summed E-state index contributed by atoms with van der Waals surface area (Å²) >= 11 is 5.69. The van der Waals surface area contributed by atoms with Crippen LogP contribution in [0, 0.1) is 0 Å². The average Bonchev–Trinajstić information content (AvgIpc) is 3.22. The molecule has 0 amide bonds. The Morgan fingerprint density at radius 3 is 2.41 bits per heavy atom. The summed E-state index contributed by atoms with van der Waals surface area (Å²) in [6.07, 6.45) is 1.54. The summed E-state index contributed by atoms with van der Waals surface area (Å²) < 4.78 is 65.2. The van der Waals surface area contributed by atoms with Gasteiger partial charge in [0.15, 0.2) is 0 Å². The molecular weight excluding hydrogens is 509 g/mol. The Kier molecular flexibility index (Phi) is 7.27. The first-order chi connectivity index (χ1) is 16.1. The molecule has 12 heteroatoms. The van der Waals surface area contributed by atoms with Gasteiger partial charge in [-0.3, -0.25) is 9.62 Å². The van der Waals surface area contributed by atoms with Crippen molar-refractivity contribution in [1.29, 1.82) is 0 Å². The second-order valence-electron chi connectivity index (χ2n) is 7.61. The highest BCUT2D eigenvalue weighted by atomic mass is 35.5. The molecule has 1 saturated heterocycles. The van der Waals surface area contributed by atoms with E-state index in [0.717, 1.165) is 24.3 Å². The van der Waals surface area contributed by atoms with Crippen molar-refractivity contribution >= 4 is 44.9 Å². The SMILES string of the molecule is O=S(=O)(Nc1cc(CN2CCN(c3ccc(SC(F)(F)F)cc3)C2)ccn1)c1ccc(Cl)cc1. The topological polar surface area (TPSA) is 65.5 Å². The molecule has 2 aromatic carbocycles. The van der Waals surface area contributed by atoms with Crippen LogP contribution in [0.1, 0.15) is 5.56 Å². The van der Waals surface area contributed by atoms with Crippen molar-refractivity contribution in [2.75, 3.05) is 29.4 Å². The van der Waals surface area contributed by atoms with Gasteiger partial charge in [-0.25, -0.2) is 13.4 Å². The van der Waals surface area contributed by atoms with Gasteiger partial charge in [-0.2, -0.15) is 13.2 Å². The summed E-state index contributed by atoms with van der Waals surface area (Å²) in [7, 11) is -3.80. The first-order valence-electron chi connectivity index (χ1n) is 10.1. The van der Waals surface area contributed by atoms with Crippen molar-refractivity contribution < 1.29 is 21.6 Å². The van der Waals surface area contributed by atoms with Crippen molar-refractivity contribution in [1.82, 2.24) is 9.88 Å². The van der Waals surface area contributed by atoms with E-state index in [2.05, 4.69) is 19.5 Å². The minimum atomic E-state index is -4.31. The molecule has 0 radical (unpaired) electrons. The van der Waals surface area contributed by atoms with Crippen LogP contribution >= 0.6 is 23.4 Å². The van der Waals surface area contributed by atoms with Crippen LogP contribution in [-0.4, -0.2) is 43.6 Å². The zero-order valence-corrected chi connectivity index (χ0v) is 20.1. The fraction of sp³-hybridized carbons (Fsp3) is 0.227. The van der Waals surface area contributed by atoms with Crippen LogP contribution < -0.4 is 9.62 Å². The maximum absolute atomic E-state index is 12.6. The Morgan fingerprint density at radius 1 is 1.03 bits per heavy atom. The van der Waals surface area contributed by atoms with E-state index in [1.807, 2.05) is 6.07 Å². The summed E-state index contributed by atoms with van der Waals surface area (Å²) in [6.45, 7) is 2.65. The van der Waals surface area contributed by atoms with Crippen LogP contribution in [-0.2, 0) is 16.6 Å². The summed E-state index contributed by atoms with van der Waals surface area (Å²) in [4.78, 5) is 8.58. The van der Waals surface area contributed by atoms with Gasteiger partial charge in [-0.05, 0) is 78.0 Å². The van der Waals surface area contributed by atoms with E-state index >= 15 is 0 Å². The summed E-state index contributed by atoms with van der Waals surface area (Å²) in [5.41, 5.74) is -2.58. The number of aromatic nitrogens is 1. The molecule has 0 atom stereocenters. The number of alkyl halides is 3. The predicted octanol–water partition coefficient (Wildman–Crippen LogP) is 5.43. The number of pyridine rings is 1. The van der Waals surface area contributed by atoms with E-state index in [0.29, 0.717) is 18.2 Å². The third-order valence-corrected chi connectivity index (χ3v) is 7.45. The largest absolute Gasteiger partial charge is 0.446 e. The van der Waals surface area contributed by atoms with Gasteiger partial charge >= 0.3 is 5.51 Å². The number of benzene rings is 2. The maximum atomic E-state index is 12.6. The lowest BCUT2D eigenvalue weighted by Gasteiger charge is -2.20. The molecule has 1 N–H and O–H groups in total. The van der Waals surface area contributed by atoms with Gasteiger partial charge in [0.05, 0.1) is 11.6 Å². The molecular formula is C22H20ClF3N4O2S2. The number of thioether (sulfide) groups is 1. The Morgan fingerprint density at radius 2 is 1.74 bits per heavy atom. The molecule has 0 spiro atoms. The number of nitrogens with one attached hydrogen (secondary N) is 1. The number of nitrogens with zero attached hydrogens (tertiary/aromatic N) is 3.